The summed E-state index contributed by atoms with van der Waals surface area (Å²) in [7, 11) is -4.02. The van der Waals surface area contributed by atoms with Crippen molar-refractivity contribution in [3.05, 3.63) is 59.2 Å². The molecule has 0 aliphatic heterocycles. The summed E-state index contributed by atoms with van der Waals surface area (Å²) in [5.74, 6) is 0. The number of rotatable bonds is 4. The monoisotopic (exact) mass is 345 g/mol. The number of aryl methyl sites for hydroxylation is 1. The van der Waals surface area contributed by atoms with Gasteiger partial charge in [-0.05, 0) is 48.4 Å². The maximum Gasteiger partial charge on any atom is 0.416 e. The lowest BCUT2D eigenvalue weighted by Crippen LogP contribution is -2.14. The topological polar surface area (TPSA) is 66.4 Å². The lowest BCUT2D eigenvalue weighted by Gasteiger charge is -2.12. The van der Waals surface area contributed by atoms with Crippen molar-refractivity contribution in [1.82, 2.24) is 0 Å². The third kappa shape index (κ3) is 4.02. The number of aliphatic hydroxyl groups excluding tert-OH is 1. The second kappa shape index (κ2) is 6.21. The Kier molecular flexibility index (Phi) is 4.67. The molecule has 0 fully saturated rings. The van der Waals surface area contributed by atoms with Gasteiger partial charge in [0.25, 0.3) is 10.0 Å². The van der Waals surface area contributed by atoms with Gasteiger partial charge in [0.05, 0.1) is 22.8 Å². The molecule has 0 aromatic heterocycles. The Morgan fingerprint density at radius 1 is 1.09 bits per heavy atom. The van der Waals surface area contributed by atoms with Crippen LogP contribution < -0.4 is 4.72 Å². The molecule has 8 heteroatoms. The second-order valence-electron chi connectivity index (χ2n) is 4.94. The van der Waals surface area contributed by atoms with Gasteiger partial charge in [-0.2, -0.15) is 13.2 Å². The molecule has 0 amide bonds. The number of hydrogen-bond acceptors (Lipinski definition) is 3. The van der Waals surface area contributed by atoms with E-state index < -0.39 is 21.8 Å². The van der Waals surface area contributed by atoms with Crippen LogP contribution in [0.4, 0.5) is 18.9 Å². The summed E-state index contributed by atoms with van der Waals surface area (Å²) in [6.45, 7) is 1.42. The van der Waals surface area contributed by atoms with E-state index in [1.54, 1.807) is 19.1 Å². The fraction of sp³-hybridized carbons (Fsp3) is 0.200. The van der Waals surface area contributed by atoms with Crippen LogP contribution in [0.25, 0.3) is 0 Å². The first kappa shape index (κ1) is 17.3. The first-order valence-corrected chi connectivity index (χ1v) is 8.02. The lowest BCUT2D eigenvalue weighted by molar-refractivity contribution is -0.137. The standard InChI is InChI=1S/C15H14F3NO3S/c1-10-2-3-11(9-20)8-14(10)19-23(21,22)13-6-4-12(5-7-13)15(16,17)18/h2-8,19-20H,9H2,1H3. The summed E-state index contributed by atoms with van der Waals surface area (Å²) in [5.41, 5.74) is 0.477. The molecule has 0 unspecified atom stereocenters. The fourth-order valence-corrected chi connectivity index (χ4v) is 3.03. The molecule has 0 radical (unpaired) electrons. The molecule has 2 aromatic rings. The summed E-state index contributed by atoms with van der Waals surface area (Å²) < 4.78 is 64.4. The van der Waals surface area contributed by atoms with Crippen LogP contribution in [0.2, 0.25) is 0 Å². The number of alkyl halides is 3. The highest BCUT2D eigenvalue weighted by Crippen LogP contribution is 2.30. The van der Waals surface area contributed by atoms with Gasteiger partial charge in [-0.1, -0.05) is 12.1 Å². The van der Waals surface area contributed by atoms with Gasteiger partial charge in [0, 0.05) is 0 Å². The summed E-state index contributed by atoms with van der Waals surface area (Å²) >= 11 is 0. The van der Waals surface area contributed by atoms with Gasteiger partial charge in [0.2, 0.25) is 0 Å². The highest BCUT2D eigenvalue weighted by molar-refractivity contribution is 7.92. The van der Waals surface area contributed by atoms with E-state index in [9.17, 15) is 21.6 Å². The molecule has 0 atom stereocenters. The second-order valence-corrected chi connectivity index (χ2v) is 6.62. The Morgan fingerprint density at radius 3 is 2.22 bits per heavy atom. The molecule has 0 spiro atoms. The van der Waals surface area contributed by atoms with Crippen LogP contribution >= 0.6 is 0 Å². The van der Waals surface area contributed by atoms with Crippen LogP contribution in [0.3, 0.4) is 0 Å². The van der Waals surface area contributed by atoms with Crippen molar-refractivity contribution in [1.29, 1.82) is 0 Å². The predicted octanol–water partition coefficient (Wildman–Crippen LogP) is 3.31. The minimum atomic E-state index is -4.53. The van der Waals surface area contributed by atoms with E-state index in [4.69, 9.17) is 5.11 Å². The SMILES string of the molecule is Cc1ccc(CO)cc1NS(=O)(=O)c1ccc(C(F)(F)F)cc1. The van der Waals surface area contributed by atoms with E-state index in [0.717, 1.165) is 12.1 Å². The summed E-state index contributed by atoms with van der Waals surface area (Å²) in [6.07, 6.45) is -4.53. The van der Waals surface area contributed by atoms with Crippen LogP contribution in [0.15, 0.2) is 47.4 Å². The number of sulfonamides is 1. The number of hydrogen-bond donors (Lipinski definition) is 2. The van der Waals surface area contributed by atoms with E-state index in [0.29, 0.717) is 23.3 Å². The Labute approximate surface area is 131 Å². The van der Waals surface area contributed by atoms with Crippen molar-refractivity contribution < 1.29 is 26.7 Å². The molecular weight excluding hydrogens is 331 g/mol. The van der Waals surface area contributed by atoms with Crippen molar-refractivity contribution in [2.45, 2.75) is 24.6 Å². The average molecular weight is 345 g/mol. The smallest absolute Gasteiger partial charge is 0.392 e. The summed E-state index contributed by atoms with van der Waals surface area (Å²) in [6, 6.07) is 7.97. The first-order chi connectivity index (χ1) is 10.6. The molecule has 0 heterocycles. The Bertz CT molecular complexity index is 800. The molecule has 0 saturated heterocycles. The highest BCUT2D eigenvalue weighted by Gasteiger charge is 2.30. The van der Waals surface area contributed by atoms with Gasteiger partial charge in [0.1, 0.15) is 0 Å². The van der Waals surface area contributed by atoms with E-state index >= 15 is 0 Å². The maximum atomic E-state index is 12.5. The van der Waals surface area contributed by atoms with Crippen LogP contribution in [0, 0.1) is 6.92 Å². The molecule has 0 aliphatic carbocycles. The molecule has 23 heavy (non-hydrogen) atoms. The molecule has 2 rings (SSSR count). The van der Waals surface area contributed by atoms with Crippen LogP contribution in [-0.4, -0.2) is 13.5 Å². The molecule has 124 valence electrons. The largest absolute Gasteiger partial charge is 0.416 e. The van der Waals surface area contributed by atoms with Crippen molar-refractivity contribution in [2.75, 3.05) is 4.72 Å². The molecule has 4 nitrogen and oxygen atoms in total. The Morgan fingerprint density at radius 2 is 1.70 bits per heavy atom. The third-order valence-electron chi connectivity index (χ3n) is 3.22. The normalized spacial score (nSPS) is 12.2. The Balaban J connectivity index is 2.32. The average Bonchev–Trinajstić information content (AvgIpc) is 2.48. The molecule has 0 aliphatic rings. The minimum Gasteiger partial charge on any atom is -0.392 e. The number of benzene rings is 2. The Hall–Kier alpha value is -2.06. The van der Waals surface area contributed by atoms with Crippen LogP contribution in [-0.2, 0) is 22.8 Å². The van der Waals surface area contributed by atoms with Gasteiger partial charge >= 0.3 is 6.18 Å². The van der Waals surface area contributed by atoms with Crippen molar-refractivity contribution >= 4 is 15.7 Å². The van der Waals surface area contributed by atoms with E-state index in [-0.39, 0.29) is 17.2 Å². The number of nitrogens with one attached hydrogen (secondary N) is 1. The molecule has 2 aromatic carbocycles. The fourth-order valence-electron chi connectivity index (χ4n) is 1.90. The number of aliphatic hydroxyl groups is 1. The summed E-state index contributed by atoms with van der Waals surface area (Å²) in [4.78, 5) is -0.278. The zero-order chi connectivity index (χ0) is 17.3. The van der Waals surface area contributed by atoms with E-state index in [1.807, 2.05) is 0 Å². The molecule has 0 saturated carbocycles. The van der Waals surface area contributed by atoms with Gasteiger partial charge in [-0.25, -0.2) is 8.42 Å². The van der Waals surface area contributed by atoms with Crippen LogP contribution in [0.5, 0.6) is 0 Å². The van der Waals surface area contributed by atoms with Gasteiger partial charge in [-0.3, -0.25) is 4.72 Å². The number of halogens is 3. The predicted molar refractivity (Wildman–Crippen MR) is 79.4 cm³/mol. The van der Waals surface area contributed by atoms with E-state index in [2.05, 4.69) is 4.72 Å². The first-order valence-electron chi connectivity index (χ1n) is 6.54. The zero-order valence-corrected chi connectivity index (χ0v) is 12.9. The highest BCUT2D eigenvalue weighted by atomic mass is 32.2. The lowest BCUT2D eigenvalue weighted by atomic mass is 10.1. The van der Waals surface area contributed by atoms with Gasteiger partial charge in [-0.15, -0.1) is 0 Å². The van der Waals surface area contributed by atoms with E-state index in [1.165, 1.54) is 6.07 Å². The molecule has 0 bridgehead atoms. The number of anilines is 1. The molecule has 2 N–H and O–H groups in total. The molecular formula is C15H14F3NO3S. The quantitative estimate of drug-likeness (QED) is 0.893. The van der Waals surface area contributed by atoms with Gasteiger partial charge in [0.15, 0.2) is 0 Å². The van der Waals surface area contributed by atoms with Gasteiger partial charge < -0.3 is 5.11 Å². The minimum absolute atomic E-state index is 0.255. The summed E-state index contributed by atoms with van der Waals surface area (Å²) in [5, 5.41) is 9.09. The zero-order valence-electron chi connectivity index (χ0n) is 12.1. The maximum absolute atomic E-state index is 12.5. The van der Waals surface area contributed by atoms with Crippen molar-refractivity contribution in [2.24, 2.45) is 0 Å². The van der Waals surface area contributed by atoms with Crippen molar-refractivity contribution in [3.63, 3.8) is 0 Å². The van der Waals surface area contributed by atoms with Crippen LogP contribution in [0.1, 0.15) is 16.7 Å². The van der Waals surface area contributed by atoms with Crippen molar-refractivity contribution in [3.8, 4) is 0 Å². The third-order valence-corrected chi connectivity index (χ3v) is 4.60.